The number of hydrogen-bond acceptors (Lipinski definition) is 3. The molecule has 1 fully saturated rings. The lowest BCUT2D eigenvalue weighted by atomic mass is 9.99. The van der Waals surface area contributed by atoms with Gasteiger partial charge in [-0.2, -0.15) is 0 Å². The number of benzene rings is 1. The van der Waals surface area contributed by atoms with E-state index in [0.717, 1.165) is 32.6 Å². The molecule has 1 heterocycles. The zero-order valence-electron chi connectivity index (χ0n) is 11.6. The molecule has 1 aliphatic heterocycles. The number of hydrogen-bond donors (Lipinski definition) is 1. The van der Waals surface area contributed by atoms with Crippen molar-refractivity contribution in [2.45, 2.75) is 19.8 Å². The van der Waals surface area contributed by atoms with Gasteiger partial charge < -0.3 is 14.7 Å². The first-order valence-corrected chi connectivity index (χ1v) is 7.35. The minimum Gasteiger partial charge on any atom is -0.506 e. The number of phenolic OH excluding ortho intramolecular Hbond substituents is 1. The number of carbonyl (C=O) groups excluding carboxylic acids is 1. The zero-order valence-corrected chi connectivity index (χ0v) is 12.4. The van der Waals surface area contributed by atoms with Crippen LogP contribution in [0.5, 0.6) is 5.75 Å². The molecular formula is C15H20ClNO3. The van der Waals surface area contributed by atoms with Gasteiger partial charge in [-0.3, -0.25) is 4.79 Å². The molecule has 20 heavy (non-hydrogen) atoms. The van der Waals surface area contributed by atoms with Gasteiger partial charge in [0.05, 0.1) is 5.02 Å². The Morgan fingerprint density at radius 1 is 1.45 bits per heavy atom. The van der Waals surface area contributed by atoms with Gasteiger partial charge in [0.25, 0.3) is 5.91 Å². The molecule has 4 nitrogen and oxygen atoms in total. The van der Waals surface area contributed by atoms with E-state index < -0.39 is 0 Å². The van der Waals surface area contributed by atoms with Crippen molar-refractivity contribution in [1.82, 2.24) is 4.90 Å². The Kier molecular flexibility index (Phi) is 5.26. The fourth-order valence-corrected chi connectivity index (χ4v) is 2.60. The molecule has 1 amide bonds. The van der Waals surface area contributed by atoms with Crippen LogP contribution in [0, 0.1) is 5.92 Å². The largest absolute Gasteiger partial charge is 0.506 e. The standard InChI is InChI=1S/C15H20ClNO3/c1-2-17(10-11-5-7-20-8-6-11)15(19)12-3-4-14(18)13(16)9-12/h3-4,9,11,18H,2,5-8,10H2,1H3. The van der Waals surface area contributed by atoms with Gasteiger partial charge >= 0.3 is 0 Å². The first-order valence-electron chi connectivity index (χ1n) is 6.97. The summed E-state index contributed by atoms with van der Waals surface area (Å²) in [7, 11) is 0. The molecule has 1 aliphatic rings. The van der Waals surface area contributed by atoms with Crippen molar-refractivity contribution in [2.24, 2.45) is 5.92 Å². The number of nitrogens with zero attached hydrogens (tertiary/aromatic N) is 1. The van der Waals surface area contributed by atoms with E-state index in [1.165, 1.54) is 12.1 Å². The average Bonchev–Trinajstić information content (AvgIpc) is 2.48. The molecule has 0 saturated carbocycles. The van der Waals surface area contributed by atoms with Crippen molar-refractivity contribution >= 4 is 17.5 Å². The molecule has 0 unspecified atom stereocenters. The molecule has 0 aromatic heterocycles. The van der Waals surface area contributed by atoms with Crippen molar-refractivity contribution in [3.05, 3.63) is 28.8 Å². The first-order chi connectivity index (χ1) is 9.61. The van der Waals surface area contributed by atoms with Gasteiger partial charge in [-0.25, -0.2) is 0 Å². The van der Waals surface area contributed by atoms with Crippen molar-refractivity contribution < 1.29 is 14.6 Å². The third-order valence-electron chi connectivity index (χ3n) is 3.68. The minimum absolute atomic E-state index is 0.00399. The van der Waals surface area contributed by atoms with Gasteiger partial charge in [0, 0.05) is 31.9 Å². The summed E-state index contributed by atoms with van der Waals surface area (Å²) < 4.78 is 5.34. The third-order valence-corrected chi connectivity index (χ3v) is 3.99. The SMILES string of the molecule is CCN(CC1CCOCC1)C(=O)c1ccc(O)c(Cl)c1. The molecule has 0 radical (unpaired) electrons. The summed E-state index contributed by atoms with van der Waals surface area (Å²) in [6.07, 6.45) is 2.00. The van der Waals surface area contributed by atoms with Crippen LogP contribution in [0.1, 0.15) is 30.1 Å². The molecule has 1 saturated heterocycles. The second-order valence-corrected chi connectivity index (χ2v) is 5.47. The van der Waals surface area contributed by atoms with Crippen molar-refractivity contribution in [3.63, 3.8) is 0 Å². The number of halogens is 1. The molecule has 1 aromatic carbocycles. The number of amides is 1. The summed E-state index contributed by atoms with van der Waals surface area (Å²) in [5.41, 5.74) is 0.515. The summed E-state index contributed by atoms with van der Waals surface area (Å²) >= 11 is 5.86. The maximum atomic E-state index is 12.5. The highest BCUT2D eigenvalue weighted by Gasteiger charge is 2.21. The van der Waals surface area contributed by atoms with Crippen LogP contribution >= 0.6 is 11.6 Å². The van der Waals surface area contributed by atoms with Gasteiger partial charge in [0.15, 0.2) is 0 Å². The number of aromatic hydroxyl groups is 1. The van der Waals surface area contributed by atoms with Crippen LogP contribution in [0.4, 0.5) is 0 Å². The highest BCUT2D eigenvalue weighted by molar-refractivity contribution is 6.32. The topological polar surface area (TPSA) is 49.8 Å². The van der Waals surface area contributed by atoms with E-state index in [4.69, 9.17) is 16.3 Å². The average molecular weight is 298 g/mol. The summed E-state index contributed by atoms with van der Waals surface area (Å²) in [5.74, 6) is 0.455. The monoisotopic (exact) mass is 297 g/mol. The van der Waals surface area contributed by atoms with Gasteiger partial charge in [0.1, 0.15) is 5.75 Å². The lowest BCUT2D eigenvalue weighted by molar-refractivity contribution is 0.0467. The normalized spacial score (nSPS) is 16.1. The van der Waals surface area contributed by atoms with Crippen LogP contribution in [0.3, 0.4) is 0 Å². The predicted molar refractivity (Wildman–Crippen MR) is 78.2 cm³/mol. The maximum absolute atomic E-state index is 12.5. The Morgan fingerprint density at radius 3 is 2.75 bits per heavy atom. The highest BCUT2D eigenvalue weighted by Crippen LogP contribution is 2.25. The van der Waals surface area contributed by atoms with Gasteiger partial charge in [0.2, 0.25) is 0 Å². The van der Waals surface area contributed by atoms with E-state index >= 15 is 0 Å². The molecule has 2 rings (SSSR count). The van der Waals surface area contributed by atoms with Gasteiger partial charge in [-0.05, 0) is 43.9 Å². The van der Waals surface area contributed by atoms with Crippen molar-refractivity contribution in [2.75, 3.05) is 26.3 Å². The smallest absolute Gasteiger partial charge is 0.253 e. The molecule has 1 aromatic rings. The van der Waals surface area contributed by atoms with E-state index in [1.807, 2.05) is 11.8 Å². The number of phenols is 1. The Labute approximate surface area is 124 Å². The Bertz CT molecular complexity index is 472. The van der Waals surface area contributed by atoms with E-state index in [-0.39, 0.29) is 16.7 Å². The van der Waals surface area contributed by atoms with Crippen molar-refractivity contribution in [3.8, 4) is 5.75 Å². The van der Waals surface area contributed by atoms with E-state index in [1.54, 1.807) is 6.07 Å². The summed E-state index contributed by atoms with van der Waals surface area (Å²) in [6, 6.07) is 4.58. The van der Waals surface area contributed by atoms with Gasteiger partial charge in [-0.1, -0.05) is 11.6 Å². The van der Waals surface area contributed by atoms with Crippen LogP contribution in [-0.2, 0) is 4.74 Å². The van der Waals surface area contributed by atoms with Gasteiger partial charge in [-0.15, -0.1) is 0 Å². The summed E-state index contributed by atoms with van der Waals surface area (Å²) in [6.45, 7) is 4.94. The van der Waals surface area contributed by atoms with Crippen LogP contribution in [-0.4, -0.2) is 42.2 Å². The second kappa shape index (κ2) is 6.95. The zero-order chi connectivity index (χ0) is 14.5. The number of rotatable bonds is 4. The second-order valence-electron chi connectivity index (χ2n) is 5.07. The van der Waals surface area contributed by atoms with Crippen LogP contribution < -0.4 is 0 Å². The molecule has 0 aliphatic carbocycles. The maximum Gasteiger partial charge on any atom is 0.253 e. The van der Waals surface area contributed by atoms with E-state index in [9.17, 15) is 9.90 Å². The van der Waals surface area contributed by atoms with Crippen LogP contribution in [0.15, 0.2) is 18.2 Å². The Hall–Kier alpha value is -1.26. The fraction of sp³-hybridized carbons (Fsp3) is 0.533. The van der Waals surface area contributed by atoms with E-state index in [0.29, 0.717) is 18.0 Å². The Morgan fingerprint density at radius 2 is 2.15 bits per heavy atom. The molecule has 0 spiro atoms. The molecule has 0 bridgehead atoms. The minimum atomic E-state index is -0.0408. The van der Waals surface area contributed by atoms with Crippen LogP contribution in [0.25, 0.3) is 0 Å². The number of ether oxygens (including phenoxy) is 1. The lowest BCUT2D eigenvalue weighted by Gasteiger charge is -2.29. The predicted octanol–water partition coefficient (Wildman–Crippen LogP) is 2.93. The molecule has 0 atom stereocenters. The molecule has 110 valence electrons. The van der Waals surface area contributed by atoms with E-state index in [2.05, 4.69) is 0 Å². The van der Waals surface area contributed by atoms with Crippen LogP contribution in [0.2, 0.25) is 5.02 Å². The summed E-state index contributed by atoms with van der Waals surface area (Å²) in [4.78, 5) is 14.3. The molecule has 5 heteroatoms. The first kappa shape index (κ1) is 15.1. The van der Waals surface area contributed by atoms with Crippen molar-refractivity contribution in [1.29, 1.82) is 0 Å². The Balaban J connectivity index is 2.05. The number of carbonyl (C=O) groups is 1. The lowest BCUT2D eigenvalue weighted by Crippen LogP contribution is -2.37. The third kappa shape index (κ3) is 3.64. The summed E-state index contributed by atoms with van der Waals surface area (Å²) in [5, 5.41) is 9.62. The molecular weight excluding hydrogens is 278 g/mol. The molecule has 1 N–H and O–H groups in total. The quantitative estimate of drug-likeness (QED) is 0.929. The highest BCUT2D eigenvalue weighted by atomic mass is 35.5. The fourth-order valence-electron chi connectivity index (χ4n) is 2.42.